The molecule has 0 spiro atoms. The molecule has 1 unspecified atom stereocenters. The van der Waals surface area contributed by atoms with Gasteiger partial charge in [-0.1, -0.05) is 18.2 Å². The van der Waals surface area contributed by atoms with E-state index >= 15 is 0 Å². The van der Waals surface area contributed by atoms with Gasteiger partial charge in [-0.3, -0.25) is 4.79 Å². The van der Waals surface area contributed by atoms with Crippen LogP contribution in [0.15, 0.2) is 51.9 Å². The molecule has 3 heterocycles. The third kappa shape index (κ3) is 3.22. The van der Waals surface area contributed by atoms with Gasteiger partial charge in [0.25, 0.3) is 11.8 Å². The molecule has 1 aliphatic heterocycles. The molecule has 0 saturated carbocycles. The van der Waals surface area contributed by atoms with Crippen LogP contribution in [0.2, 0.25) is 0 Å². The van der Waals surface area contributed by atoms with Crippen LogP contribution in [-0.2, 0) is 0 Å². The number of ether oxygens (including phenoxy) is 1. The lowest BCUT2D eigenvalue weighted by molar-refractivity contribution is 0.0767. The fourth-order valence-corrected chi connectivity index (χ4v) is 3.04. The van der Waals surface area contributed by atoms with Crippen molar-refractivity contribution in [3.05, 3.63) is 64.4 Å². The van der Waals surface area contributed by atoms with Crippen LogP contribution in [0.5, 0.6) is 5.88 Å². The maximum atomic E-state index is 12.8. The minimum absolute atomic E-state index is 0.00781. The summed E-state index contributed by atoms with van der Waals surface area (Å²) >= 11 is 0. The second-order valence-corrected chi connectivity index (χ2v) is 6.09. The summed E-state index contributed by atoms with van der Waals surface area (Å²) in [5.41, 5.74) is -0.138. The van der Waals surface area contributed by atoms with Crippen molar-refractivity contribution < 1.29 is 13.9 Å². The van der Waals surface area contributed by atoms with Gasteiger partial charge in [0, 0.05) is 30.7 Å². The Hall–Kier alpha value is -3.73. The van der Waals surface area contributed by atoms with E-state index in [0.29, 0.717) is 23.9 Å². The van der Waals surface area contributed by atoms with Crippen LogP contribution in [0, 0.1) is 11.3 Å². The number of hydrogen-bond donors (Lipinski definition) is 0. The van der Waals surface area contributed by atoms with Crippen LogP contribution in [-0.4, -0.2) is 40.0 Å². The van der Waals surface area contributed by atoms with Crippen LogP contribution in [0.3, 0.4) is 0 Å². The van der Waals surface area contributed by atoms with Gasteiger partial charge in [-0.2, -0.15) is 5.26 Å². The molecular weight excluding hydrogens is 348 g/mol. The molecule has 1 amide bonds. The molecule has 3 aromatic rings. The van der Waals surface area contributed by atoms with E-state index in [1.54, 1.807) is 24.3 Å². The summed E-state index contributed by atoms with van der Waals surface area (Å²) in [5.74, 6) is -0.259. The average molecular weight is 362 g/mol. The van der Waals surface area contributed by atoms with Gasteiger partial charge in [0.05, 0.1) is 6.54 Å². The van der Waals surface area contributed by atoms with Gasteiger partial charge in [0.2, 0.25) is 5.69 Å². The summed E-state index contributed by atoms with van der Waals surface area (Å²) in [6, 6.07) is 10.5. The maximum Gasteiger partial charge on any atom is 0.349 e. The molecule has 1 fully saturated rings. The first-order valence-corrected chi connectivity index (χ1v) is 8.35. The van der Waals surface area contributed by atoms with E-state index in [-0.39, 0.29) is 29.8 Å². The molecule has 8 nitrogen and oxygen atoms in total. The summed E-state index contributed by atoms with van der Waals surface area (Å²) in [7, 11) is 0. The molecule has 4 rings (SSSR count). The molecule has 8 heteroatoms. The quantitative estimate of drug-likeness (QED) is 0.653. The SMILES string of the molecule is N#Cc1nccnc1OC1CCN(C(=O)c2cc3ccccc3oc2=O)C1. The molecule has 1 aromatic carbocycles. The first-order valence-electron chi connectivity index (χ1n) is 8.35. The van der Waals surface area contributed by atoms with Crippen LogP contribution < -0.4 is 10.4 Å². The van der Waals surface area contributed by atoms with Crippen molar-refractivity contribution >= 4 is 16.9 Å². The average Bonchev–Trinajstić information content (AvgIpc) is 3.16. The summed E-state index contributed by atoms with van der Waals surface area (Å²) in [5, 5.41) is 9.74. The van der Waals surface area contributed by atoms with Gasteiger partial charge in [0.15, 0.2) is 0 Å². The molecule has 0 aliphatic carbocycles. The number of benzene rings is 1. The number of para-hydroxylation sites is 1. The Bertz CT molecular complexity index is 1120. The second-order valence-electron chi connectivity index (χ2n) is 6.09. The molecule has 0 radical (unpaired) electrons. The zero-order chi connectivity index (χ0) is 18.8. The minimum Gasteiger partial charge on any atom is -0.470 e. The number of rotatable bonds is 3. The Kier molecular flexibility index (Phi) is 4.26. The number of carbonyl (C=O) groups is 1. The number of nitrogens with zero attached hydrogens (tertiary/aromatic N) is 4. The Balaban J connectivity index is 1.52. The van der Waals surface area contributed by atoms with Gasteiger partial charge in [-0.25, -0.2) is 14.8 Å². The van der Waals surface area contributed by atoms with E-state index in [2.05, 4.69) is 9.97 Å². The van der Waals surface area contributed by atoms with Gasteiger partial charge >= 0.3 is 5.63 Å². The maximum absolute atomic E-state index is 12.8. The lowest BCUT2D eigenvalue weighted by atomic mass is 10.1. The van der Waals surface area contributed by atoms with Gasteiger partial charge in [-0.15, -0.1) is 0 Å². The summed E-state index contributed by atoms with van der Waals surface area (Å²) in [6.45, 7) is 0.713. The predicted octanol–water partition coefficient (Wildman–Crippen LogP) is 1.75. The van der Waals surface area contributed by atoms with Crippen molar-refractivity contribution in [3.8, 4) is 11.9 Å². The summed E-state index contributed by atoms with van der Waals surface area (Å²) in [4.78, 5) is 34.4. The van der Waals surface area contributed by atoms with Gasteiger partial charge in [-0.05, 0) is 12.1 Å². The third-order valence-corrected chi connectivity index (χ3v) is 4.35. The standard InChI is InChI=1S/C19H14N4O4/c20-10-15-17(22-7-6-21-15)26-13-5-8-23(11-13)18(24)14-9-12-3-1-2-4-16(12)27-19(14)25/h1-4,6-7,9,13H,5,8,11H2. The second kappa shape index (κ2) is 6.88. The highest BCUT2D eigenvalue weighted by atomic mass is 16.5. The van der Waals surface area contributed by atoms with Crippen LogP contribution in [0.1, 0.15) is 22.5 Å². The largest absolute Gasteiger partial charge is 0.470 e. The van der Waals surface area contributed by atoms with E-state index in [4.69, 9.17) is 14.4 Å². The van der Waals surface area contributed by atoms with Crippen molar-refractivity contribution in [3.63, 3.8) is 0 Å². The topological polar surface area (TPSA) is 109 Å². The zero-order valence-corrected chi connectivity index (χ0v) is 14.2. The van der Waals surface area contributed by atoms with Crippen molar-refractivity contribution in [1.82, 2.24) is 14.9 Å². The lowest BCUT2D eigenvalue weighted by Crippen LogP contribution is -2.33. The molecule has 1 aliphatic rings. The van der Waals surface area contributed by atoms with Gasteiger partial charge in [0.1, 0.15) is 23.3 Å². The van der Waals surface area contributed by atoms with E-state index in [1.165, 1.54) is 17.3 Å². The fraction of sp³-hybridized carbons (Fsp3) is 0.211. The Morgan fingerprint density at radius 2 is 2.11 bits per heavy atom. The molecule has 27 heavy (non-hydrogen) atoms. The first kappa shape index (κ1) is 16.7. The third-order valence-electron chi connectivity index (χ3n) is 4.35. The number of carbonyl (C=O) groups excluding carboxylic acids is 1. The highest BCUT2D eigenvalue weighted by molar-refractivity contribution is 5.96. The Morgan fingerprint density at radius 1 is 1.30 bits per heavy atom. The molecule has 1 saturated heterocycles. The van der Waals surface area contributed by atoms with Crippen molar-refractivity contribution in [2.75, 3.05) is 13.1 Å². The molecule has 0 bridgehead atoms. The monoisotopic (exact) mass is 362 g/mol. The molecular formula is C19H14N4O4. The minimum atomic E-state index is -0.663. The fourth-order valence-electron chi connectivity index (χ4n) is 3.04. The Morgan fingerprint density at radius 3 is 2.96 bits per heavy atom. The number of aromatic nitrogens is 2. The number of nitriles is 1. The molecule has 134 valence electrons. The normalized spacial score (nSPS) is 16.3. The van der Waals surface area contributed by atoms with Crippen LogP contribution >= 0.6 is 0 Å². The first-order chi connectivity index (χ1) is 13.2. The van der Waals surface area contributed by atoms with Crippen LogP contribution in [0.25, 0.3) is 11.0 Å². The Labute approximate surface area is 153 Å². The smallest absolute Gasteiger partial charge is 0.349 e. The zero-order valence-electron chi connectivity index (χ0n) is 14.2. The summed E-state index contributed by atoms with van der Waals surface area (Å²) < 4.78 is 11.0. The molecule has 2 aromatic heterocycles. The lowest BCUT2D eigenvalue weighted by Gasteiger charge is -2.16. The van der Waals surface area contributed by atoms with E-state index in [9.17, 15) is 9.59 Å². The van der Waals surface area contributed by atoms with E-state index in [1.807, 2.05) is 12.1 Å². The predicted molar refractivity (Wildman–Crippen MR) is 94.2 cm³/mol. The number of likely N-dealkylation sites (tertiary alicyclic amines) is 1. The van der Waals surface area contributed by atoms with Gasteiger partial charge < -0.3 is 14.1 Å². The number of fused-ring (bicyclic) bond motifs is 1. The highest BCUT2D eigenvalue weighted by Crippen LogP contribution is 2.20. The highest BCUT2D eigenvalue weighted by Gasteiger charge is 2.31. The van der Waals surface area contributed by atoms with Crippen molar-refractivity contribution in [2.24, 2.45) is 0 Å². The number of amides is 1. The van der Waals surface area contributed by atoms with Crippen molar-refractivity contribution in [2.45, 2.75) is 12.5 Å². The molecule has 0 N–H and O–H groups in total. The van der Waals surface area contributed by atoms with Crippen molar-refractivity contribution in [1.29, 1.82) is 5.26 Å². The summed E-state index contributed by atoms with van der Waals surface area (Å²) in [6.07, 6.45) is 3.08. The van der Waals surface area contributed by atoms with E-state index < -0.39 is 11.5 Å². The van der Waals surface area contributed by atoms with E-state index in [0.717, 1.165) is 0 Å². The number of hydrogen-bond acceptors (Lipinski definition) is 7. The van der Waals surface area contributed by atoms with Crippen LogP contribution in [0.4, 0.5) is 0 Å². The molecule has 1 atom stereocenters.